The third-order valence-corrected chi connectivity index (χ3v) is 4.52. The van der Waals surface area contributed by atoms with Gasteiger partial charge in [0.05, 0.1) is 28.0 Å². The van der Waals surface area contributed by atoms with Gasteiger partial charge in [0.2, 0.25) is 0 Å². The largest absolute Gasteiger partial charge is 0.483 e. The van der Waals surface area contributed by atoms with Crippen molar-refractivity contribution >= 4 is 40.7 Å². The van der Waals surface area contributed by atoms with Gasteiger partial charge in [-0.1, -0.05) is 34.8 Å². The minimum atomic E-state index is -0.331. The van der Waals surface area contributed by atoms with E-state index in [9.17, 15) is 4.79 Å². The van der Waals surface area contributed by atoms with Gasteiger partial charge in [-0.15, -0.1) is 0 Å². The van der Waals surface area contributed by atoms with Crippen molar-refractivity contribution in [1.29, 1.82) is 0 Å². The second kappa shape index (κ2) is 8.25. The van der Waals surface area contributed by atoms with E-state index in [1.807, 2.05) is 20.0 Å². The highest BCUT2D eigenvalue weighted by Gasteiger charge is 2.14. The summed E-state index contributed by atoms with van der Waals surface area (Å²) in [5.41, 5.74) is 1.78. The lowest BCUT2D eigenvalue weighted by Crippen LogP contribution is -2.23. The Labute approximate surface area is 171 Å². The van der Waals surface area contributed by atoms with Crippen molar-refractivity contribution in [2.45, 2.75) is 20.1 Å². The summed E-state index contributed by atoms with van der Waals surface area (Å²) in [4.78, 5) is 12.2. The summed E-state index contributed by atoms with van der Waals surface area (Å²) >= 11 is 18.0. The summed E-state index contributed by atoms with van der Waals surface area (Å²) in [6, 6.07) is 8.20. The number of carbonyl (C=O) groups is 1. The van der Waals surface area contributed by atoms with E-state index in [0.29, 0.717) is 33.1 Å². The molecule has 3 rings (SSSR count). The number of nitrogens with one attached hydrogen (secondary N) is 1. The van der Waals surface area contributed by atoms with Crippen molar-refractivity contribution in [3.8, 4) is 5.75 Å². The topological polar surface area (TPSA) is 69.3 Å². The van der Waals surface area contributed by atoms with E-state index in [1.165, 1.54) is 12.1 Å². The van der Waals surface area contributed by atoms with Gasteiger partial charge in [0.15, 0.2) is 11.5 Å². The predicted molar refractivity (Wildman–Crippen MR) is 104 cm³/mol. The highest BCUT2D eigenvalue weighted by molar-refractivity contribution is 6.40. The van der Waals surface area contributed by atoms with E-state index in [0.717, 1.165) is 11.4 Å². The lowest BCUT2D eigenvalue weighted by molar-refractivity contribution is 0.0918. The highest BCUT2D eigenvalue weighted by Crippen LogP contribution is 2.36. The maximum Gasteiger partial charge on any atom is 0.287 e. The lowest BCUT2D eigenvalue weighted by atomic mass is 10.3. The Balaban J connectivity index is 1.59. The first kappa shape index (κ1) is 19.6. The predicted octanol–water partition coefficient (Wildman–Crippen LogP) is 4.79. The van der Waals surface area contributed by atoms with Crippen molar-refractivity contribution in [1.82, 2.24) is 15.1 Å². The molecule has 3 aromatic rings. The normalized spacial score (nSPS) is 10.9. The molecule has 0 fully saturated rings. The number of nitrogens with zero attached hydrogens (tertiary/aromatic N) is 2. The average molecular weight is 429 g/mol. The molecule has 0 radical (unpaired) electrons. The van der Waals surface area contributed by atoms with Crippen LogP contribution in [0, 0.1) is 6.92 Å². The summed E-state index contributed by atoms with van der Waals surface area (Å²) in [5, 5.41) is 8.03. The summed E-state index contributed by atoms with van der Waals surface area (Å²) in [6.07, 6.45) is 0. The molecular formula is C18H16Cl3N3O3. The molecule has 1 aromatic carbocycles. The van der Waals surface area contributed by atoms with Crippen LogP contribution >= 0.6 is 34.8 Å². The zero-order chi connectivity index (χ0) is 19.6. The Hall–Kier alpha value is -2.15. The van der Waals surface area contributed by atoms with Crippen LogP contribution < -0.4 is 10.1 Å². The first-order valence-corrected chi connectivity index (χ1v) is 9.10. The van der Waals surface area contributed by atoms with Crippen LogP contribution in [0.1, 0.15) is 27.7 Å². The third kappa shape index (κ3) is 4.77. The number of halogens is 3. The molecule has 0 saturated heterocycles. The van der Waals surface area contributed by atoms with Crippen LogP contribution in [0.4, 0.5) is 0 Å². The smallest absolute Gasteiger partial charge is 0.287 e. The van der Waals surface area contributed by atoms with Gasteiger partial charge in [-0.2, -0.15) is 5.10 Å². The summed E-state index contributed by atoms with van der Waals surface area (Å²) in [6.45, 7) is 2.30. The Morgan fingerprint density at radius 2 is 1.93 bits per heavy atom. The number of hydrogen-bond donors (Lipinski definition) is 1. The zero-order valence-corrected chi connectivity index (χ0v) is 16.8. The van der Waals surface area contributed by atoms with Crippen LogP contribution in [0.3, 0.4) is 0 Å². The molecule has 9 heteroatoms. The Morgan fingerprint density at radius 1 is 1.22 bits per heavy atom. The number of hydrogen-bond acceptors (Lipinski definition) is 4. The van der Waals surface area contributed by atoms with E-state index in [2.05, 4.69) is 10.4 Å². The van der Waals surface area contributed by atoms with Crippen molar-refractivity contribution in [3.05, 3.63) is 68.3 Å². The van der Waals surface area contributed by atoms with E-state index in [-0.39, 0.29) is 18.3 Å². The molecule has 142 valence electrons. The van der Waals surface area contributed by atoms with Crippen LogP contribution in [-0.4, -0.2) is 15.7 Å². The zero-order valence-electron chi connectivity index (χ0n) is 14.6. The summed E-state index contributed by atoms with van der Waals surface area (Å²) < 4.78 is 12.8. The summed E-state index contributed by atoms with van der Waals surface area (Å²) in [7, 11) is 1.82. The molecule has 0 saturated carbocycles. The molecule has 0 aliphatic carbocycles. The molecule has 2 aromatic heterocycles. The molecule has 1 N–H and O–H groups in total. The number of furan rings is 1. The van der Waals surface area contributed by atoms with E-state index in [1.54, 1.807) is 16.8 Å². The van der Waals surface area contributed by atoms with Gasteiger partial charge in [-0.3, -0.25) is 9.48 Å². The fourth-order valence-corrected chi connectivity index (χ4v) is 3.40. The Bertz CT molecular complexity index is 958. The number of carbonyl (C=O) groups excluding carboxylic acids is 1. The van der Waals surface area contributed by atoms with Gasteiger partial charge < -0.3 is 14.5 Å². The van der Waals surface area contributed by atoms with Crippen LogP contribution in [0.5, 0.6) is 5.75 Å². The fourth-order valence-electron chi connectivity index (χ4n) is 2.48. The number of amides is 1. The van der Waals surface area contributed by atoms with Gasteiger partial charge in [0.1, 0.15) is 12.4 Å². The minimum absolute atomic E-state index is 0.0648. The van der Waals surface area contributed by atoms with Crippen molar-refractivity contribution in [2.24, 2.45) is 7.05 Å². The van der Waals surface area contributed by atoms with Crippen LogP contribution in [0.25, 0.3) is 0 Å². The second-order valence-corrected chi connectivity index (χ2v) is 7.09. The van der Waals surface area contributed by atoms with Crippen molar-refractivity contribution in [2.75, 3.05) is 0 Å². The maximum absolute atomic E-state index is 12.2. The third-order valence-electron chi connectivity index (χ3n) is 3.74. The quantitative estimate of drug-likeness (QED) is 0.613. The first-order chi connectivity index (χ1) is 12.8. The van der Waals surface area contributed by atoms with Gasteiger partial charge in [-0.25, -0.2) is 0 Å². The number of benzene rings is 1. The fraction of sp³-hybridized carbons (Fsp3) is 0.222. The molecule has 6 nitrogen and oxygen atoms in total. The number of ether oxygens (including phenoxy) is 1. The van der Waals surface area contributed by atoms with Gasteiger partial charge in [0, 0.05) is 12.1 Å². The molecule has 0 bridgehead atoms. The molecule has 0 atom stereocenters. The van der Waals surface area contributed by atoms with Crippen LogP contribution in [-0.2, 0) is 20.2 Å². The lowest BCUT2D eigenvalue weighted by Gasteiger charge is -2.09. The molecule has 2 heterocycles. The van der Waals surface area contributed by atoms with Crippen molar-refractivity contribution in [3.63, 3.8) is 0 Å². The molecule has 1 amide bonds. The molecular weight excluding hydrogens is 413 g/mol. The molecule has 0 aliphatic heterocycles. The SMILES string of the molecule is Cc1cc(CNC(=O)c2ccc(COc3c(Cl)cc(Cl)cc3Cl)o2)n(C)n1. The highest BCUT2D eigenvalue weighted by atomic mass is 35.5. The van der Waals surface area contributed by atoms with Crippen LogP contribution in [0.2, 0.25) is 15.1 Å². The molecule has 0 aliphatic rings. The second-order valence-electron chi connectivity index (χ2n) is 5.84. The van der Waals surface area contributed by atoms with E-state index >= 15 is 0 Å². The van der Waals surface area contributed by atoms with Gasteiger partial charge >= 0.3 is 0 Å². The van der Waals surface area contributed by atoms with Crippen molar-refractivity contribution < 1.29 is 13.9 Å². The number of aromatic nitrogens is 2. The summed E-state index contributed by atoms with van der Waals surface area (Å²) in [5.74, 6) is 0.610. The Morgan fingerprint density at radius 3 is 2.56 bits per heavy atom. The number of rotatable bonds is 6. The first-order valence-electron chi connectivity index (χ1n) is 7.97. The minimum Gasteiger partial charge on any atom is -0.483 e. The molecule has 27 heavy (non-hydrogen) atoms. The van der Waals surface area contributed by atoms with Crippen LogP contribution in [0.15, 0.2) is 34.7 Å². The molecule has 0 unspecified atom stereocenters. The Kier molecular flexibility index (Phi) is 5.99. The average Bonchev–Trinajstić information content (AvgIpc) is 3.18. The number of aryl methyl sites for hydroxylation is 2. The van der Waals surface area contributed by atoms with E-state index in [4.69, 9.17) is 44.0 Å². The van der Waals surface area contributed by atoms with Gasteiger partial charge in [0.25, 0.3) is 5.91 Å². The monoisotopic (exact) mass is 427 g/mol. The van der Waals surface area contributed by atoms with E-state index < -0.39 is 0 Å². The van der Waals surface area contributed by atoms with Gasteiger partial charge in [-0.05, 0) is 37.3 Å². The maximum atomic E-state index is 12.2. The molecule has 0 spiro atoms. The standard InChI is InChI=1S/C18H16Cl3N3O3/c1-10-5-12(24(2)23-10)8-22-18(25)16-4-3-13(27-16)9-26-17-14(20)6-11(19)7-15(17)21/h3-7H,8-9H2,1-2H3,(H,22,25).